The summed E-state index contributed by atoms with van der Waals surface area (Å²) in [5.41, 5.74) is 2.29. The van der Waals surface area contributed by atoms with E-state index in [1.165, 1.54) is 17.0 Å². The Morgan fingerprint density at radius 1 is 0.895 bits per heavy atom. The molecule has 0 heterocycles. The number of aryl methyl sites for hydroxylation is 1. The average molecular weight is 648 g/mol. The molecule has 3 aromatic rings. The fourth-order valence-electron chi connectivity index (χ4n) is 3.78. The van der Waals surface area contributed by atoms with Gasteiger partial charge in [0, 0.05) is 16.7 Å². The largest absolute Gasteiger partial charge is 0.354 e. The van der Waals surface area contributed by atoms with Gasteiger partial charge in [0.1, 0.15) is 12.6 Å². The van der Waals surface area contributed by atoms with Crippen LogP contribution in [0.3, 0.4) is 0 Å². The standard InChI is InChI=1S/C29H34IN3O4S/c1-21(2)18-31-29(35)23(4)32(19-24-12-10-22(3)11-13-24)28(34)20-33(26-16-14-25(30)15-17-26)38(36,37)27-8-6-5-7-9-27/h5-17,21,23H,18-20H2,1-4H3,(H,31,35)/t23-/m1/s1. The van der Waals surface area contributed by atoms with E-state index in [4.69, 9.17) is 0 Å². The van der Waals surface area contributed by atoms with Gasteiger partial charge in [0.05, 0.1) is 10.6 Å². The smallest absolute Gasteiger partial charge is 0.264 e. The van der Waals surface area contributed by atoms with Crippen molar-refractivity contribution in [1.82, 2.24) is 10.2 Å². The van der Waals surface area contributed by atoms with Crippen LogP contribution in [0.1, 0.15) is 31.9 Å². The number of hydrogen-bond acceptors (Lipinski definition) is 4. The van der Waals surface area contributed by atoms with E-state index in [1.807, 2.05) is 45.0 Å². The van der Waals surface area contributed by atoms with Crippen molar-refractivity contribution in [2.45, 2.75) is 45.2 Å². The number of benzene rings is 3. The minimum Gasteiger partial charge on any atom is -0.354 e. The molecule has 0 saturated heterocycles. The van der Waals surface area contributed by atoms with Crippen LogP contribution in [0.5, 0.6) is 0 Å². The van der Waals surface area contributed by atoms with Gasteiger partial charge in [-0.15, -0.1) is 0 Å². The lowest BCUT2D eigenvalue weighted by molar-refractivity contribution is -0.139. The summed E-state index contributed by atoms with van der Waals surface area (Å²) in [6.45, 7) is 7.82. The zero-order valence-corrected chi connectivity index (χ0v) is 25.1. The summed E-state index contributed by atoms with van der Waals surface area (Å²) in [6, 6.07) is 21.9. The fourth-order valence-corrected chi connectivity index (χ4v) is 5.58. The first-order chi connectivity index (χ1) is 18.0. The van der Waals surface area contributed by atoms with Crippen LogP contribution in [-0.4, -0.2) is 44.3 Å². The summed E-state index contributed by atoms with van der Waals surface area (Å²) in [7, 11) is -4.06. The van der Waals surface area contributed by atoms with Gasteiger partial charge in [-0.25, -0.2) is 8.42 Å². The van der Waals surface area contributed by atoms with Crippen LogP contribution in [0.2, 0.25) is 0 Å². The van der Waals surface area contributed by atoms with Crippen LogP contribution < -0.4 is 9.62 Å². The van der Waals surface area contributed by atoms with Crippen LogP contribution in [0, 0.1) is 16.4 Å². The van der Waals surface area contributed by atoms with E-state index in [0.29, 0.717) is 12.2 Å². The van der Waals surface area contributed by atoms with Crippen molar-refractivity contribution >= 4 is 50.1 Å². The van der Waals surface area contributed by atoms with Gasteiger partial charge in [-0.1, -0.05) is 61.9 Å². The van der Waals surface area contributed by atoms with E-state index in [-0.39, 0.29) is 23.3 Å². The maximum atomic E-state index is 13.9. The quantitative estimate of drug-likeness (QED) is 0.298. The molecular formula is C29H34IN3O4S. The minimum absolute atomic E-state index is 0.0826. The van der Waals surface area contributed by atoms with Crippen molar-refractivity contribution in [1.29, 1.82) is 0 Å². The number of carbonyl (C=O) groups excluding carboxylic acids is 2. The Bertz CT molecular complexity index is 1330. The molecule has 0 spiro atoms. The fraction of sp³-hybridized carbons (Fsp3) is 0.310. The molecule has 0 bridgehead atoms. The first-order valence-electron chi connectivity index (χ1n) is 12.4. The molecule has 1 atom stereocenters. The first-order valence-corrected chi connectivity index (χ1v) is 15.0. The Balaban J connectivity index is 1.98. The lowest BCUT2D eigenvalue weighted by atomic mass is 10.1. The highest BCUT2D eigenvalue weighted by Gasteiger charge is 2.32. The third-order valence-electron chi connectivity index (χ3n) is 6.05. The summed E-state index contributed by atoms with van der Waals surface area (Å²) in [6.07, 6.45) is 0. The normalized spacial score (nSPS) is 12.2. The van der Waals surface area contributed by atoms with Gasteiger partial charge in [0.15, 0.2) is 0 Å². The number of nitrogens with one attached hydrogen (secondary N) is 1. The van der Waals surface area contributed by atoms with Gasteiger partial charge in [-0.2, -0.15) is 0 Å². The lowest BCUT2D eigenvalue weighted by Gasteiger charge is -2.32. The summed E-state index contributed by atoms with van der Waals surface area (Å²) < 4.78 is 29.5. The van der Waals surface area contributed by atoms with Crippen molar-refractivity contribution in [3.05, 3.63) is 93.6 Å². The molecule has 0 saturated carbocycles. The van der Waals surface area contributed by atoms with E-state index in [2.05, 4.69) is 27.9 Å². The molecule has 3 aromatic carbocycles. The zero-order valence-electron chi connectivity index (χ0n) is 22.1. The molecule has 0 unspecified atom stereocenters. The zero-order chi connectivity index (χ0) is 27.9. The first kappa shape index (κ1) is 29.6. The maximum Gasteiger partial charge on any atom is 0.264 e. The number of halogens is 1. The van der Waals surface area contributed by atoms with Gasteiger partial charge in [-0.3, -0.25) is 13.9 Å². The third-order valence-corrected chi connectivity index (χ3v) is 8.56. The Morgan fingerprint density at radius 3 is 2.08 bits per heavy atom. The molecular weight excluding hydrogens is 613 g/mol. The van der Waals surface area contributed by atoms with E-state index >= 15 is 0 Å². The monoisotopic (exact) mass is 647 g/mol. The predicted octanol–water partition coefficient (Wildman–Crippen LogP) is 4.98. The number of sulfonamides is 1. The molecule has 0 aliphatic rings. The molecule has 7 nitrogen and oxygen atoms in total. The van der Waals surface area contributed by atoms with Crippen molar-refractivity contribution in [3.63, 3.8) is 0 Å². The van der Waals surface area contributed by atoms with Crippen LogP contribution in [0.25, 0.3) is 0 Å². The molecule has 3 rings (SSSR count). The maximum absolute atomic E-state index is 13.9. The summed E-state index contributed by atoms with van der Waals surface area (Å²) in [5.74, 6) is -0.512. The second kappa shape index (κ2) is 13.2. The predicted molar refractivity (Wildman–Crippen MR) is 159 cm³/mol. The van der Waals surface area contributed by atoms with E-state index in [0.717, 1.165) is 19.0 Å². The second-order valence-electron chi connectivity index (χ2n) is 9.62. The Morgan fingerprint density at radius 2 is 1.50 bits per heavy atom. The third kappa shape index (κ3) is 7.80. The number of rotatable bonds is 11. The van der Waals surface area contributed by atoms with Crippen LogP contribution in [-0.2, 0) is 26.2 Å². The molecule has 1 N–H and O–H groups in total. The molecule has 38 heavy (non-hydrogen) atoms. The van der Waals surface area contributed by atoms with Gasteiger partial charge >= 0.3 is 0 Å². The SMILES string of the molecule is Cc1ccc(CN(C(=O)CN(c2ccc(I)cc2)S(=O)(=O)c2ccccc2)[C@H](C)C(=O)NCC(C)C)cc1. The summed E-state index contributed by atoms with van der Waals surface area (Å²) >= 11 is 2.14. The Labute approximate surface area is 239 Å². The van der Waals surface area contributed by atoms with Crippen molar-refractivity contribution < 1.29 is 18.0 Å². The molecule has 202 valence electrons. The van der Waals surface area contributed by atoms with Gasteiger partial charge in [0.2, 0.25) is 11.8 Å². The van der Waals surface area contributed by atoms with Crippen LogP contribution in [0.4, 0.5) is 5.69 Å². The van der Waals surface area contributed by atoms with Crippen LogP contribution >= 0.6 is 22.6 Å². The van der Waals surface area contributed by atoms with Gasteiger partial charge in [-0.05, 0) is 84.3 Å². The Kier molecular flexibility index (Phi) is 10.3. The van der Waals surface area contributed by atoms with Gasteiger partial charge in [0.25, 0.3) is 10.0 Å². The summed E-state index contributed by atoms with van der Waals surface area (Å²) in [4.78, 5) is 28.4. The molecule has 0 fully saturated rings. The topological polar surface area (TPSA) is 86.8 Å². The van der Waals surface area contributed by atoms with Crippen molar-refractivity contribution in [2.75, 3.05) is 17.4 Å². The minimum atomic E-state index is -4.06. The lowest BCUT2D eigenvalue weighted by Crippen LogP contribution is -2.51. The van der Waals surface area contributed by atoms with E-state index in [9.17, 15) is 18.0 Å². The average Bonchev–Trinajstić information content (AvgIpc) is 2.90. The van der Waals surface area contributed by atoms with E-state index in [1.54, 1.807) is 49.4 Å². The number of carbonyl (C=O) groups is 2. The number of nitrogens with zero attached hydrogens (tertiary/aromatic N) is 2. The molecule has 9 heteroatoms. The number of amides is 2. The Hall–Kier alpha value is -2.92. The second-order valence-corrected chi connectivity index (χ2v) is 12.7. The molecule has 0 aliphatic carbocycles. The molecule has 2 amide bonds. The molecule has 0 aliphatic heterocycles. The van der Waals surface area contributed by atoms with Gasteiger partial charge < -0.3 is 10.2 Å². The highest BCUT2D eigenvalue weighted by atomic mass is 127. The highest BCUT2D eigenvalue weighted by Crippen LogP contribution is 2.25. The highest BCUT2D eigenvalue weighted by molar-refractivity contribution is 14.1. The van der Waals surface area contributed by atoms with Crippen molar-refractivity contribution in [2.24, 2.45) is 5.92 Å². The molecule has 0 radical (unpaired) electrons. The number of hydrogen-bond donors (Lipinski definition) is 1. The van der Waals surface area contributed by atoms with E-state index < -0.39 is 28.5 Å². The van der Waals surface area contributed by atoms with Crippen LogP contribution in [0.15, 0.2) is 83.8 Å². The van der Waals surface area contributed by atoms with Crippen molar-refractivity contribution in [3.8, 4) is 0 Å². The number of anilines is 1. The molecule has 0 aromatic heterocycles. The summed E-state index contributed by atoms with van der Waals surface area (Å²) in [5, 5.41) is 2.89.